The van der Waals surface area contributed by atoms with Gasteiger partial charge in [0.25, 0.3) is 11.8 Å². The number of amides is 2. The second-order valence-electron chi connectivity index (χ2n) is 6.23. The monoisotopic (exact) mass is 401 g/mol. The van der Waals surface area contributed by atoms with E-state index in [1.807, 2.05) is 6.92 Å². The van der Waals surface area contributed by atoms with Gasteiger partial charge < -0.3 is 4.74 Å². The Bertz CT molecular complexity index is 951. The molecule has 0 saturated heterocycles. The summed E-state index contributed by atoms with van der Waals surface area (Å²) in [6, 6.07) is 11.6. The van der Waals surface area contributed by atoms with Gasteiger partial charge in [-0.3, -0.25) is 14.5 Å². The highest BCUT2D eigenvalue weighted by atomic mass is 35.5. The van der Waals surface area contributed by atoms with E-state index >= 15 is 0 Å². The van der Waals surface area contributed by atoms with Crippen molar-refractivity contribution in [3.8, 4) is 0 Å². The molecule has 0 unspecified atom stereocenters. The van der Waals surface area contributed by atoms with Gasteiger partial charge >= 0.3 is 5.97 Å². The summed E-state index contributed by atoms with van der Waals surface area (Å²) < 4.78 is 18.2. The molecule has 0 fully saturated rings. The molecule has 3 rings (SSSR count). The zero-order valence-electron chi connectivity index (χ0n) is 15.1. The van der Waals surface area contributed by atoms with Crippen LogP contribution in [0.2, 0.25) is 0 Å². The maximum absolute atomic E-state index is 13.1. The van der Waals surface area contributed by atoms with Crippen LogP contribution in [0.4, 0.5) is 4.39 Å². The van der Waals surface area contributed by atoms with Crippen molar-refractivity contribution in [2.45, 2.75) is 19.9 Å². The first-order chi connectivity index (χ1) is 13.4. The minimum Gasteiger partial charge on any atom is -0.462 e. The third kappa shape index (κ3) is 3.97. The second-order valence-corrected chi connectivity index (χ2v) is 6.60. The van der Waals surface area contributed by atoms with Gasteiger partial charge in [0.1, 0.15) is 10.8 Å². The van der Waals surface area contributed by atoms with Crippen LogP contribution < -0.4 is 0 Å². The second kappa shape index (κ2) is 8.35. The number of benzene rings is 2. The van der Waals surface area contributed by atoms with E-state index in [-0.39, 0.29) is 17.2 Å². The molecule has 2 amide bonds. The number of nitrogens with zero attached hydrogens (tertiary/aromatic N) is 1. The van der Waals surface area contributed by atoms with Gasteiger partial charge in [-0.15, -0.1) is 0 Å². The molecule has 0 saturated carbocycles. The van der Waals surface area contributed by atoms with Gasteiger partial charge in [0.15, 0.2) is 0 Å². The molecule has 0 aromatic heterocycles. The van der Waals surface area contributed by atoms with Crippen LogP contribution in [0.1, 0.15) is 34.8 Å². The van der Waals surface area contributed by atoms with Crippen LogP contribution in [0.5, 0.6) is 0 Å². The van der Waals surface area contributed by atoms with Crippen molar-refractivity contribution >= 4 is 35.0 Å². The van der Waals surface area contributed by atoms with Crippen molar-refractivity contribution in [3.05, 3.63) is 76.1 Å². The number of imide groups is 1. The van der Waals surface area contributed by atoms with Gasteiger partial charge in [-0.2, -0.15) is 0 Å². The summed E-state index contributed by atoms with van der Waals surface area (Å²) in [5.41, 5.74) is 1.46. The summed E-state index contributed by atoms with van der Waals surface area (Å²) >= 11 is 6.09. The number of esters is 1. The maximum atomic E-state index is 13.1. The van der Waals surface area contributed by atoms with E-state index in [2.05, 4.69) is 0 Å². The Balaban J connectivity index is 1.75. The molecule has 1 aliphatic heterocycles. The van der Waals surface area contributed by atoms with Crippen molar-refractivity contribution in [2.24, 2.45) is 0 Å². The lowest BCUT2D eigenvalue weighted by Crippen LogP contribution is -2.30. The third-order valence-corrected chi connectivity index (χ3v) is 4.56. The van der Waals surface area contributed by atoms with Gasteiger partial charge in [-0.1, -0.05) is 42.8 Å². The summed E-state index contributed by atoms with van der Waals surface area (Å²) in [4.78, 5) is 38.0. The minimum atomic E-state index is -0.613. The Morgan fingerprint density at radius 3 is 2.29 bits per heavy atom. The number of carbonyl (C=O) groups is 3. The summed E-state index contributed by atoms with van der Waals surface area (Å²) in [6.07, 6.45) is 0.729. The summed E-state index contributed by atoms with van der Waals surface area (Å²) in [5, 5.41) is -0.198. The zero-order valence-corrected chi connectivity index (χ0v) is 15.8. The Kier molecular flexibility index (Phi) is 5.90. The molecule has 2 aromatic carbocycles. The van der Waals surface area contributed by atoms with Crippen LogP contribution in [0, 0.1) is 5.82 Å². The summed E-state index contributed by atoms with van der Waals surface area (Å²) in [7, 11) is 0. The van der Waals surface area contributed by atoms with Gasteiger partial charge in [0, 0.05) is 0 Å². The number of rotatable bonds is 6. The highest BCUT2D eigenvalue weighted by molar-refractivity contribution is 6.55. The number of carbonyl (C=O) groups excluding carboxylic acids is 3. The smallest absolute Gasteiger partial charge is 0.338 e. The van der Waals surface area contributed by atoms with Gasteiger partial charge in [0.2, 0.25) is 0 Å². The van der Waals surface area contributed by atoms with E-state index in [1.165, 1.54) is 24.3 Å². The fourth-order valence-electron chi connectivity index (χ4n) is 2.76. The lowest BCUT2D eigenvalue weighted by atomic mass is 10.1. The Morgan fingerprint density at radius 1 is 1.04 bits per heavy atom. The molecule has 28 heavy (non-hydrogen) atoms. The lowest BCUT2D eigenvalue weighted by molar-refractivity contribution is -0.137. The number of ether oxygens (including phenoxy) is 1. The first-order valence-electron chi connectivity index (χ1n) is 8.70. The third-order valence-electron chi connectivity index (χ3n) is 4.21. The van der Waals surface area contributed by atoms with Gasteiger partial charge in [0.05, 0.1) is 24.3 Å². The largest absolute Gasteiger partial charge is 0.462 e. The van der Waals surface area contributed by atoms with E-state index in [4.69, 9.17) is 16.3 Å². The molecule has 5 nitrogen and oxygen atoms in total. The van der Waals surface area contributed by atoms with Crippen LogP contribution >= 0.6 is 11.6 Å². The van der Waals surface area contributed by atoms with E-state index < -0.39 is 23.6 Å². The summed E-state index contributed by atoms with van der Waals surface area (Å²) in [6.45, 7) is 2.25. The Morgan fingerprint density at radius 2 is 1.68 bits per heavy atom. The van der Waals surface area contributed by atoms with E-state index in [0.717, 1.165) is 11.3 Å². The summed E-state index contributed by atoms with van der Waals surface area (Å²) in [5.74, 6) is -2.04. The van der Waals surface area contributed by atoms with E-state index in [0.29, 0.717) is 23.3 Å². The predicted molar refractivity (Wildman–Crippen MR) is 102 cm³/mol. The number of halogens is 2. The predicted octanol–water partition coefficient (Wildman–Crippen LogP) is 3.91. The molecule has 0 spiro atoms. The Hall–Kier alpha value is -2.99. The van der Waals surface area contributed by atoms with E-state index in [1.54, 1.807) is 24.3 Å². The molecule has 1 aliphatic rings. The molecule has 7 heteroatoms. The quantitative estimate of drug-likeness (QED) is 0.543. The first-order valence-corrected chi connectivity index (χ1v) is 9.08. The molecule has 144 valence electrons. The first kappa shape index (κ1) is 19.8. The molecular weight excluding hydrogens is 385 g/mol. The number of hydrogen-bond donors (Lipinski definition) is 0. The topological polar surface area (TPSA) is 63.7 Å². The van der Waals surface area contributed by atoms with Crippen LogP contribution in [-0.2, 0) is 20.9 Å². The van der Waals surface area contributed by atoms with Crippen molar-refractivity contribution in [1.29, 1.82) is 0 Å². The highest BCUT2D eigenvalue weighted by Gasteiger charge is 2.38. The SMILES string of the molecule is CCCOC(=O)c1ccc(CN2C(=O)C(Cl)=C(c3ccc(F)cc3)C2=O)cc1. The number of hydrogen-bond acceptors (Lipinski definition) is 4. The van der Waals surface area contributed by atoms with Crippen LogP contribution in [0.15, 0.2) is 53.6 Å². The fourth-order valence-corrected chi connectivity index (χ4v) is 3.06. The average Bonchev–Trinajstić information content (AvgIpc) is 2.91. The molecule has 0 bridgehead atoms. The minimum absolute atomic E-state index is 0.00285. The van der Waals surface area contributed by atoms with Crippen molar-refractivity contribution in [3.63, 3.8) is 0 Å². The van der Waals surface area contributed by atoms with Crippen LogP contribution in [0.3, 0.4) is 0 Å². The zero-order chi connectivity index (χ0) is 20.3. The molecule has 1 heterocycles. The molecule has 0 N–H and O–H groups in total. The van der Waals surface area contributed by atoms with Gasteiger partial charge in [-0.05, 0) is 41.8 Å². The highest BCUT2D eigenvalue weighted by Crippen LogP contribution is 2.32. The maximum Gasteiger partial charge on any atom is 0.338 e. The standard InChI is InChI=1S/C21H17ClFNO4/c1-2-11-28-21(27)15-5-3-13(4-6-15)12-24-19(25)17(18(22)20(24)26)14-7-9-16(23)10-8-14/h3-10H,2,11-12H2,1H3. The van der Waals surface area contributed by atoms with Crippen LogP contribution in [-0.4, -0.2) is 29.3 Å². The molecule has 0 atom stereocenters. The fraction of sp³-hybridized carbons (Fsp3) is 0.190. The van der Waals surface area contributed by atoms with Crippen molar-refractivity contribution in [1.82, 2.24) is 4.90 Å². The lowest BCUT2D eigenvalue weighted by Gasteiger charge is -2.15. The molecular formula is C21H17ClFNO4. The molecule has 0 radical (unpaired) electrons. The van der Waals surface area contributed by atoms with Crippen molar-refractivity contribution < 1.29 is 23.5 Å². The normalized spacial score (nSPS) is 14.0. The van der Waals surface area contributed by atoms with Crippen LogP contribution in [0.25, 0.3) is 5.57 Å². The van der Waals surface area contributed by atoms with Crippen molar-refractivity contribution in [2.75, 3.05) is 6.61 Å². The average molecular weight is 402 g/mol. The van der Waals surface area contributed by atoms with Gasteiger partial charge in [-0.25, -0.2) is 9.18 Å². The Labute approximate surface area is 166 Å². The van der Waals surface area contributed by atoms with E-state index in [9.17, 15) is 18.8 Å². The molecule has 2 aromatic rings. The molecule has 0 aliphatic carbocycles.